The molecule has 1 aromatic rings. The Balaban J connectivity index is 2.03. The standard InChI is InChI=1S/C12H21N5O2S/c1-10(17-7-2-3-8-17)9-15-20(18,19)11-5-4-6-14-12(11)16-13/h4-6,10,15H,2-3,7-9,13H2,1H3,(H,14,16). The third-order valence-corrected chi connectivity index (χ3v) is 4.98. The number of rotatable bonds is 6. The Hall–Kier alpha value is -1.22. The molecule has 7 nitrogen and oxygen atoms in total. The zero-order valence-electron chi connectivity index (χ0n) is 11.5. The van der Waals surface area contributed by atoms with Gasteiger partial charge in [-0.3, -0.25) is 4.90 Å². The Morgan fingerprint density at radius 1 is 1.45 bits per heavy atom. The van der Waals surface area contributed by atoms with E-state index < -0.39 is 10.0 Å². The molecule has 0 bridgehead atoms. The van der Waals surface area contributed by atoms with Crippen molar-refractivity contribution in [3.05, 3.63) is 18.3 Å². The number of aromatic nitrogens is 1. The number of hydrogen-bond acceptors (Lipinski definition) is 6. The van der Waals surface area contributed by atoms with Gasteiger partial charge < -0.3 is 5.43 Å². The van der Waals surface area contributed by atoms with Gasteiger partial charge in [0.1, 0.15) is 4.90 Å². The van der Waals surface area contributed by atoms with Crippen LogP contribution in [0.25, 0.3) is 0 Å². The van der Waals surface area contributed by atoms with E-state index in [1.807, 2.05) is 6.92 Å². The number of hydrazine groups is 1. The lowest BCUT2D eigenvalue weighted by Crippen LogP contribution is -2.40. The van der Waals surface area contributed by atoms with Crippen LogP contribution in [-0.4, -0.2) is 44.0 Å². The number of hydrogen-bond donors (Lipinski definition) is 3. The molecule has 20 heavy (non-hydrogen) atoms. The highest BCUT2D eigenvalue weighted by molar-refractivity contribution is 7.89. The maximum absolute atomic E-state index is 12.3. The third-order valence-electron chi connectivity index (χ3n) is 3.53. The van der Waals surface area contributed by atoms with Gasteiger partial charge in [0.15, 0.2) is 5.82 Å². The third kappa shape index (κ3) is 3.45. The van der Waals surface area contributed by atoms with Gasteiger partial charge in [-0.25, -0.2) is 24.0 Å². The molecule has 0 aliphatic carbocycles. The van der Waals surface area contributed by atoms with Crippen LogP contribution in [0.5, 0.6) is 0 Å². The predicted octanol–water partition coefficient (Wildman–Crippen LogP) is 0.130. The first-order chi connectivity index (χ1) is 9.54. The van der Waals surface area contributed by atoms with Crippen molar-refractivity contribution in [2.75, 3.05) is 25.1 Å². The summed E-state index contributed by atoms with van der Waals surface area (Å²) in [7, 11) is -3.61. The molecule has 1 aromatic heterocycles. The summed E-state index contributed by atoms with van der Waals surface area (Å²) < 4.78 is 27.2. The lowest BCUT2D eigenvalue weighted by atomic mass is 10.3. The number of nitrogens with zero attached hydrogens (tertiary/aromatic N) is 2. The van der Waals surface area contributed by atoms with Crippen LogP contribution < -0.4 is 16.0 Å². The summed E-state index contributed by atoms with van der Waals surface area (Å²) in [5, 5.41) is 0. The van der Waals surface area contributed by atoms with E-state index in [-0.39, 0.29) is 16.8 Å². The van der Waals surface area contributed by atoms with Crippen LogP contribution >= 0.6 is 0 Å². The molecule has 0 spiro atoms. The molecule has 1 unspecified atom stereocenters. The van der Waals surface area contributed by atoms with Gasteiger partial charge in [0, 0.05) is 18.8 Å². The highest BCUT2D eigenvalue weighted by atomic mass is 32.2. The van der Waals surface area contributed by atoms with Crippen molar-refractivity contribution < 1.29 is 8.42 Å². The highest BCUT2D eigenvalue weighted by Crippen LogP contribution is 2.17. The van der Waals surface area contributed by atoms with Crippen LogP contribution in [0, 0.1) is 0 Å². The minimum atomic E-state index is -3.61. The molecule has 0 amide bonds. The largest absolute Gasteiger partial charge is 0.307 e. The second-order valence-electron chi connectivity index (χ2n) is 4.94. The van der Waals surface area contributed by atoms with Gasteiger partial charge in [-0.2, -0.15) is 0 Å². The minimum absolute atomic E-state index is 0.0659. The normalized spacial score (nSPS) is 18.1. The number of sulfonamides is 1. The second kappa shape index (κ2) is 6.49. The molecular formula is C12H21N5O2S. The Kier molecular flexibility index (Phi) is 4.92. The molecule has 2 rings (SSSR count). The molecule has 1 aliphatic heterocycles. The van der Waals surface area contributed by atoms with E-state index in [0.29, 0.717) is 6.54 Å². The zero-order chi connectivity index (χ0) is 14.6. The number of pyridine rings is 1. The molecule has 1 fully saturated rings. The number of anilines is 1. The molecule has 4 N–H and O–H groups in total. The lowest BCUT2D eigenvalue weighted by Gasteiger charge is -2.23. The summed E-state index contributed by atoms with van der Waals surface area (Å²) in [4.78, 5) is 6.25. The molecule has 0 aromatic carbocycles. The molecule has 2 heterocycles. The van der Waals surface area contributed by atoms with E-state index in [2.05, 4.69) is 20.0 Å². The molecule has 8 heteroatoms. The maximum Gasteiger partial charge on any atom is 0.244 e. The first kappa shape index (κ1) is 15.2. The number of likely N-dealkylation sites (tertiary alicyclic amines) is 1. The smallest absolute Gasteiger partial charge is 0.244 e. The van der Waals surface area contributed by atoms with Crippen LogP contribution in [0.3, 0.4) is 0 Å². The van der Waals surface area contributed by atoms with E-state index in [9.17, 15) is 8.42 Å². The fraction of sp³-hybridized carbons (Fsp3) is 0.583. The van der Waals surface area contributed by atoms with Crippen molar-refractivity contribution in [3.8, 4) is 0 Å². The molecule has 0 saturated carbocycles. The Morgan fingerprint density at radius 3 is 2.80 bits per heavy atom. The van der Waals surface area contributed by atoms with Gasteiger partial charge >= 0.3 is 0 Å². The lowest BCUT2D eigenvalue weighted by molar-refractivity contribution is 0.260. The predicted molar refractivity (Wildman–Crippen MR) is 77.5 cm³/mol. The summed E-state index contributed by atoms with van der Waals surface area (Å²) in [6.07, 6.45) is 3.85. The average molecular weight is 299 g/mol. The summed E-state index contributed by atoms with van der Waals surface area (Å²) in [6, 6.07) is 3.22. The maximum atomic E-state index is 12.3. The summed E-state index contributed by atoms with van der Waals surface area (Å²) in [5.74, 6) is 5.44. The van der Waals surface area contributed by atoms with Crippen molar-refractivity contribution in [2.24, 2.45) is 5.84 Å². The van der Waals surface area contributed by atoms with Crippen LogP contribution in [0.4, 0.5) is 5.82 Å². The van der Waals surface area contributed by atoms with Gasteiger partial charge in [-0.15, -0.1) is 0 Å². The minimum Gasteiger partial charge on any atom is -0.307 e. The zero-order valence-corrected chi connectivity index (χ0v) is 12.4. The summed E-state index contributed by atoms with van der Waals surface area (Å²) in [5.41, 5.74) is 2.30. The van der Waals surface area contributed by atoms with Crippen LogP contribution in [0.1, 0.15) is 19.8 Å². The van der Waals surface area contributed by atoms with Gasteiger partial charge in [-0.1, -0.05) is 0 Å². The van der Waals surface area contributed by atoms with Gasteiger partial charge in [0.25, 0.3) is 0 Å². The van der Waals surface area contributed by atoms with Gasteiger partial charge in [-0.05, 0) is 45.0 Å². The Morgan fingerprint density at radius 2 is 2.15 bits per heavy atom. The molecule has 1 atom stereocenters. The molecule has 1 saturated heterocycles. The van der Waals surface area contributed by atoms with E-state index in [1.54, 1.807) is 6.07 Å². The molecule has 0 radical (unpaired) electrons. The van der Waals surface area contributed by atoms with Crippen LogP contribution in [0.15, 0.2) is 23.2 Å². The van der Waals surface area contributed by atoms with E-state index >= 15 is 0 Å². The number of nitrogen functional groups attached to an aromatic ring is 1. The van der Waals surface area contributed by atoms with Crippen molar-refractivity contribution in [1.82, 2.24) is 14.6 Å². The summed E-state index contributed by atoms with van der Waals surface area (Å²) >= 11 is 0. The highest BCUT2D eigenvalue weighted by Gasteiger charge is 2.22. The Bertz CT molecular complexity index is 543. The van der Waals surface area contributed by atoms with Crippen molar-refractivity contribution in [1.29, 1.82) is 0 Å². The Labute approximate surface area is 119 Å². The molecular weight excluding hydrogens is 278 g/mol. The SMILES string of the molecule is CC(CNS(=O)(=O)c1cccnc1NN)N1CCCC1. The quantitative estimate of drug-likeness (QED) is 0.510. The van der Waals surface area contributed by atoms with Crippen LogP contribution in [-0.2, 0) is 10.0 Å². The van der Waals surface area contributed by atoms with Crippen LogP contribution in [0.2, 0.25) is 0 Å². The first-order valence-corrected chi connectivity index (χ1v) is 8.18. The van der Waals surface area contributed by atoms with Crippen molar-refractivity contribution in [2.45, 2.75) is 30.7 Å². The summed E-state index contributed by atoms with van der Waals surface area (Å²) in [6.45, 7) is 4.47. The topological polar surface area (TPSA) is 100 Å². The monoisotopic (exact) mass is 299 g/mol. The number of nitrogens with two attached hydrogens (primary N) is 1. The molecule has 1 aliphatic rings. The fourth-order valence-corrected chi connectivity index (χ4v) is 3.58. The van der Waals surface area contributed by atoms with Crippen molar-refractivity contribution in [3.63, 3.8) is 0 Å². The van der Waals surface area contributed by atoms with Gasteiger partial charge in [0.05, 0.1) is 0 Å². The number of nitrogens with one attached hydrogen (secondary N) is 2. The van der Waals surface area contributed by atoms with E-state index in [1.165, 1.54) is 25.1 Å². The average Bonchev–Trinajstić information content (AvgIpc) is 2.99. The first-order valence-electron chi connectivity index (χ1n) is 6.70. The van der Waals surface area contributed by atoms with E-state index in [4.69, 9.17) is 5.84 Å². The van der Waals surface area contributed by atoms with Crippen molar-refractivity contribution >= 4 is 15.8 Å². The molecule has 112 valence electrons. The second-order valence-corrected chi connectivity index (χ2v) is 6.67. The van der Waals surface area contributed by atoms with E-state index in [0.717, 1.165) is 13.1 Å². The fourth-order valence-electron chi connectivity index (χ4n) is 2.34. The van der Waals surface area contributed by atoms with Gasteiger partial charge in [0.2, 0.25) is 10.0 Å².